The molecule has 1 fully saturated rings. The Morgan fingerprint density at radius 3 is 2.70 bits per heavy atom. The second kappa shape index (κ2) is 6.30. The number of benzene rings is 1. The first kappa shape index (κ1) is 16.0. The van der Waals surface area contributed by atoms with Gasteiger partial charge in [0.15, 0.2) is 12.4 Å². The number of halogens is 1. The highest BCUT2D eigenvalue weighted by atomic mass is 19.1. The van der Waals surface area contributed by atoms with E-state index in [-0.39, 0.29) is 30.0 Å². The average Bonchev–Trinajstić information content (AvgIpc) is 2.83. The second-order valence-corrected chi connectivity index (χ2v) is 6.71. The van der Waals surface area contributed by atoms with E-state index in [0.717, 1.165) is 25.9 Å². The van der Waals surface area contributed by atoms with E-state index in [0.29, 0.717) is 29.2 Å². The highest BCUT2D eigenvalue weighted by molar-refractivity contribution is 6.03. The molecule has 3 rings (SSSR count). The van der Waals surface area contributed by atoms with Crippen molar-refractivity contribution in [2.24, 2.45) is 5.92 Å². The van der Waals surface area contributed by atoms with Gasteiger partial charge in [0.2, 0.25) is 0 Å². The van der Waals surface area contributed by atoms with Crippen LogP contribution in [0.4, 0.5) is 4.39 Å². The van der Waals surface area contributed by atoms with Crippen LogP contribution >= 0.6 is 0 Å². The molecule has 0 aromatic heterocycles. The Bertz CT molecular complexity index is 635. The molecule has 124 valence electrons. The number of likely N-dealkylation sites (tertiary alicyclic amines) is 1. The number of hydrogen-bond acceptors (Lipinski definition) is 3. The van der Waals surface area contributed by atoms with E-state index in [1.165, 1.54) is 12.1 Å². The minimum Gasteiger partial charge on any atom is -0.483 e. The summed E-state index contributed by atoms with van der Waals surface area (Å²) in [5.74, 6) is 0.283. The van der Waals surface area contributed by atoms with Crippen molar-refractivity contribution in [2.75, 3.05) is 19.7 Å². The number of rotatable bonds is 3. The molecule has 1 heterocycles. The molecule has 1 atom stereocenters. The molecule has 4 nitrogen and oxygen atoms in total. The standard InChI is InChI=1S/C18H22FNO3/c1-11-5-7-20(8-6-11)16(22)10-23-15-4-3-13(19)17-12(2)9-14(21)18(15)17/h3-4,11-12H,5-10H2,1-2H3. The number of fused-ring (bicyclic) bond motifs is 1. The van der Waals surface area contributed by atoms with Crippen LogP contribution in [0, 0.1) is 11.7 Å². The fraction of sp³-hybridized carbons (Fsp3) is 0.556. The van der Waals surface area contributed by atoms with E-state index in [4.69, 9.17) is 4.74 Å². The van der Waals surface area contributed by atoms with Crippen molar-refractivity contribution in [3.05, 3.63) is 29.1 Å². The van der Waals surface area contributed by atoms with E-state index < -0.39 is 0 Å². The third-order valence-electron chi connectivity index (χ3n) is 4.90. The Balaban J connectivity index is 1.70. The van der Waals surface area contributed by atoms with Gasteiger partial charge < -0.3 is 9.64 Å². The predicted octanol–water partition coefficient (Wildman–Crippen LogP) is 3.15. The van der Waals surface area contributed by atoms with Crippen molar-refractivity contribution in [1.29, 1.82) is 0 Å². The molecule has 1 amide bonds. The topological polar surface area (TPSA) is 46.6 Å². The van der Waals surface area contributed by atoms with Gasteiger partial charge in [0.1, 0.15) is 11.6 Å². The fourth-order valence-electron chi connectivity index (χ4n) is 3.43. The monoisotopic (exact) mass is 319 g/mol. The first-order chi connectivity index (χ1) is 11.0. The maximum Gasteiger partial charge on any atom is 0.260 e. The van der Waals surface area contributed by atoms with E-state index in [9.17, 15) is 14.0 Å². The zero-order valence-electron chi connectivity index (χ0n) is 13.6. The normalized spacial score (nSPS) is 21.4. The number of Topliss-reactive ketones (excluding diaryl/α,β-unsaturated/α-hetero) is 1. The van der Waals surface area contributed by atoms with Crippen LogP contribution in [0.25, 0.3) is 0 Å². The van der Waals surface area contributed by atoms with Crippen LogP contribution in [0.1, 0.15) is 54.9 Å². The van der Waals surface area contributed by atoms with Crippen molar-refractivity contribution < 1.29 is 18.7 Å². The number of carbonyl (C=O) groups is 2. The molecule has 0 saturated carbocycles. The number of hydrogen-bond donors (Lipinski definition) is 0. The molecular formula is C18H22FNO3. The van der Waals surface area contributed by atoms with E-state index in [1.54, 1.807) is 4.90 Å². The van der Waals surface area contributed by atoms with Gasteiger partial charge in [0, 0.05) is 25.1 Å². The second-order valence-electron chi connectivity index (χ2n) is 6.71. The minimum absolute atomic E-state index is 0.0755. The van der Waals surface area contributed by atoms with Crippen molar-refractivity contribution in [3.8, 4) is 5.75 Å². The first-order valence-corrected chi connectivity index (χ1v) is 8.23. The number of ketones is 1. The Morgan fingerprint density at radius 1 is 1.30 bits per heavy atom. The third-order valence-corrected chi connectivity index (χ3v) is 4.90. The van der Waals surface area contributed by atoms with Gasteiger partial charge in [-0.25, -0.2) is 4.39 Å². The van der Waals surface area contributed by atoms with Gasteiger partial charge in [-0.05, 0) is 36.8 Å². The molecule has 0 N–H and O–H groups in total. The first-order valence-electron chi connectivity index (χ1n) is 8.23. The number of piperidine rings is 1. The van der Waals surface area contributed by atoms with Crippen molar-refractivity contribution in [1.82, 2.24) is 4.90 Å². The molecule has 1 unspecified atom stereocenters. The van der Waals surface area contributed by atoms with Crippen LogP contribution < -0.4 is 4.74 Å². The Labute approximate surface area is 135 Å². The quantitative estimate of drug-likeness (QED) is 0.860. The van der Waals surface area contributed by atoms with Gasteiger partial charge in [-0.2, -0.15) is 0 Å². The summed E-state index contributed by atoms with van der Waals surface area (Å²) in [4.78, 5) is 26.1. The van der Waals surface area contributed by atoms with Gasteiger partial charge >= 0.3 is 0 Å². The fourth-order valence-corrected chi connectivity index (χ4v) is 3.43. The van der Waals surface area contributed by atoms with Crippen molar-refractivity contribution >= 4 is 11.7 Å². The molecular weight excluding hydrogens is 297 g/mol. The SMILES string of the molecule is CC1CCN(C(=O)COc2ccc(F)c3c2C(=O)CC3C)CC1. The number of nitrogens with zero attached hydrogens (tertiary/aromatic N) is 1. The van der Waals surface area contributed by atoms with E-state index in [2.05, 4.69) is 6.92 Å². The smallest absolute Gasteiger partial charge is 0.260 e. The highest BCUT2D eigenvalue weighted by Gasteiger charge is 2.32. The molecule has 0 spiro atoms. The summed E-state index contributed by atoms with van der Waals surface area (Å²) in [6.07, 6.45) is 2.31. The lowest BCUT2D eigenvalue weighted by atomic mass is 9.99. The summed E-state index contributed by atoms with van der Waals surface area (Å²) in [6.45, 7) is 5.42. The zero-order chi connectivity index (χ0) is 16.6. The van der Waals surface area contributed by atoms with Gasteiger partial charge in [-0.15, -0.1) is 0 Å². The van der Waals surface area contributed by atoms with Crippen molar-refractivity contribution in [3.63, 3.8) is 0 Å². The highest BCUT2D eigenvalue weighted by Crippen LogP contribution is 2.39. The molecule has 1 saturated heterocycles. The van der Waals surface area contributed by atoms with Crippen LogP contribution in [-0.2, 0) is 4.79 Å². The molecule has 2 aliphatic rings. The molecule has 1 aromatic rings. The summed E-state index contributed by atoms with van der Waals surface area (Å²) in [6, 6.07) is 2.77. The molecule has 1 aromatic carbocycles. The molecule has 23 heavy (non-hydrogen) atoms. The van der Waals surface area contributed by atoms with Gasteiger partial charge in [-0.1, -0.05) is 13.8 Å². The molecule has 0 bridgehead atoms. The average molecular weight is 319 g/mol. The largest absolute Gasteiger partial charge is 0.483 e. The zero-order valence-corrected chi connectivity index (χ0v) is 13.6. The van der Waals surface area contributed by atoms with Crippen LogP contribution in [0.15, 0.2) is 12.1 Å². The van der Waals surface area contributed by atoms with Crippen LogP contribution in [-0.4, -0.2) is 36.3 Å². The molecule has 0 radical (unpaired) electrons. The number of amides is 1. The van der Waals surface area contributed by atoms with Crippen LogP contribution in [0.5, 0.6) is 5.75 Å². The van der Waals surface area contributed by atoms with E-state index >= 15 is 0 Å². The van der Waals surface area contributed by atoms with Crippen LogP contribution in [0.3, 0.4) is 0 Å². The van der Waals surface area contributed by atoms with Crippen LogP contribution in [0.2, 0.25) is 0 Å². The lowest BCUT2D eigenvalue weighted by Crippen LogP contribution is -2.40. The van der Waals surface area contributed by atoms with E-state index in [1.807, 2.05) is 6.92 Å². The Kier molecular flexibility index (Phi) is 4.37. The Morgan fingerprint density at radius 2 is 2.00 bits per heavy atom. The maximum absolute atomic E-state index is 13.9. The van der Waals surface area contributed by atoms with Crippen molar-refractivity contribution in [2.45, 2.75) is 39.0 Å². The number of ether oxygens (including phenoxy) is 1. The summed E-state index contributed by atoms with van der Waals surface area (Å²) < 4.78 is 19.5. The lowest BCUT2D eigenvalue weighted by molar-refractivity contribution is -0.134. The summed E-state index contributed by atoms with van der Waals surface area (Å²) >= 11 is 0. The molecule has 1 aliphatic heterocycles. The van der Waals surface area contributed by atoms with Gasteiger partial charge in [0.05, 0.1) is 5.56 Å². The predicted molar refractivity (Wildman–Crippen MR) is 84.2 cm³/mol. The third kappa shape index (κ3) is 3.09. The minimum atomic E-state index is -0.373. The maximum atomic E-state index is 13.9. The van der Waals surface area contributed by atoms with Gasteiger partial charge in [-0.3, -0.25) is 9.59 Å². The lowest BCUT2D eigenvalue weighted by Gasteiger charge is -2.30. The molecule has 5 heteroatoms. The molecule has 1 aliphatic carbocycles. The summed E-state index contributed by atoms with van der Waals surface area (Å²) in [7, 11) is 0. The summed E-state index contributed by atoms with van der Waals surface area (Å²) in [5, 5.41) is 0. The number of carbonyl (C=O) groups excluding carboxylic acids is 2. The van der Waals surface area contributed by atoms with Gasteiger partial charge in [0.25, 0.3) is 5.91 Å². The Hall–Kier alpha value is -1.91. The summed E-state index contributed by atoms with van der Waals surface area (Å²) in [5.41, 5.74) is 0.740.